The molecule has 0 aliphatic carbocycles. The van der Waals surface area contributed by atoms with Crippen molar-refractivity contribution in [2.45, 2.75) is 6.92 Å². The van der Waals surface area contributed by atoms with Crippen LogP contribution in [0.25, 0.3) is 6.08 Å². The van der Waals surface area contributed by atoms with Crippen LogP contribution in [-0.4, -0.2) is 19.5 Å². The van der Waals surface area contributed by atoms with Gasteiger partial charge in [-0.1, -0.05) is 0 Å². The second-order valence-electron chi connectivity index (χ2n) is 3.26. The van der Waals surface area contributed by atoms with Crippen LogP contribution in [0.3, 0.4) is 0 Å². The molecule has 0 aromatic heterocycles. The molecule has 0 amide bonds. The quantitative estimate of drug-likeness (QED) is 0.707. The van der Waals surface area contributed by atoms with E-state index in [-0.39, 0.29) is 0 Å². The SMILES string of the molecule is CCOc1ccc2c(c1)C=C(C=O)CO2. The molecule has 1 heterocycles. The Balaban J connectivity index is 2.35. The second kappa shape index (κ2) is 4.17. The van der Waals surface area contributed by atoms with Gasteiger partial charge < -0.3 is 9.47 Å². The van der Waals surface area contributed by atoms with Crippen molar-refractivity contribution in [2.24, 2.45) is 0 Å². The van der Waals surface area contributed by atoms with Crippen LogP contribution < -0.4 is 9.47 Å². The smallest absolute Gasteiger partial charge is 0.149 e. The van der Waals surface area contributed by atoms with Gasteiger partial charge in [0.1, 0.15) is 24.4 Å². The lowest BCUT2D eigenvalue weighted by Gasteiger charge is -2.15. The number of hydrogen-bond donors (Lipinski definition) is 0. The fourth-order valence-electron chi connectivity index (χ4n) is 1.50. The average molecular weight is 204 g/mol. The van der Waals surface area contributed by atoms with Crippen LogP contribution in [0.2, 0.25) is 0 Å². The van der Waals surface area contributed by atoms with E-state index in [2.05, 4.69) is 0 Å². The fraction of sp³-hybridized carbons (Fsp3) is 0.250. The summed E-state index contributed by atoms with van der Waals surface area (Å²) in [6, 6.07) is 5.60. The molecule has 0 radical (unpaired) electrons. The number of ether oxygens (including phenoxy) is 2. The summed E-state index contributed by atoms with van der Waals surface area (Å²) < 4.78 is 10.8. The zero-order chi connectivity index (χ0) is 10.7. The summed E-state index contributed by atoms with van der Waals surface area (Å²) >= 11 is 0. The maximum absolute atomic E-state index is 10.6. The van der Waals surface area contributed by atoms with Crippen LogP contribution in [0.4, 0.5) is 0 Å². The van der Waals surface area contributed by atoms with Crippen molar-refractivity contribution in [1.29, 1.82) is 0 Å². The summed E-state index contributed by atoms with van der Waals surface area (Å²) in [5, 5.41) is 0. The molecule has 1 aliphatic rings. The predicted octanol–water partition coefficient (Wildman–Crippen LogP) is 2.06. The van der Waals surface area contributed by atoms with E-state index in [1.165, 1.54) is 0 Å². The molecule has 0 unspecified atom stereocenters. The average Bonchev–Trinajstić information content (AvgIpc) is 2.28. The van der Waals surface area contributed by atoms with E-state index in [1.54, 1.807) is 0 Å². The molecule has 1 aliphatic heterocycles. The highest BCUT2D eigenvalue weighted by Gasteiger charge is 2.11. The number of fused-ring (bicyclic) bond motifs is 1. The first kappa shape index (κ1) is 9.77. The molecule has 0 fully saturated rings. The first-order valence-corrected chi connectivity index (χ1v) is 4.89. The highest BCUT2D eigenvalue weighted by Crippen LogP contribution is 2.29. The van der Waals surface area contributed by atoms with E-state index in [9.17, 15) is 4.79 Å². The highest BCUT2D eigenvalue weighted by atomic mass is 16.5. The fourth-order valence-corrected chi connectivity index (χ4v) is 1.50. The lowest BCUT2D eigenvalue weighted by molar-refractivity contribution is -0.105. The number of carbonyl (C=O) groups is 1. The van der Waals surface area contributed by atoms with E-state index >= 15 is 0 Å². The lowest BCUT2D eigenvalue weighted by atomic mass is 10.1. The third kappa shape index (κ3) is 2.01. The van der Waals surface area contributed by atoms with Crippen molar-refractivity contribution in [1.82, 2.24) is 0 Å². The molecule has 2 rings (SSSR count). The molecule has 78 valence electrons. The predicted molar refractivity (Wildman–Crippen MR) is 57.1 cm³/mol. The van der Waals surface area contributed by atoms with Crippen molar-refractivity contribution in [3.63, 3.8) is 0 Å². The van der Waals surface area contributed by atoms with E-state index in [0.717, 1.165) is 23.3 Å². The van der Waals surface area contributed by atoms with Gasteiger partial charge >= 0.3 is 0 Å². The van der Waals surface area contributed by atoms with E-state index in [0.29, 0.717) is 18.8 Å². The number of benzene rings is 1. The van der Waals surface area contributed by atoms with Gasteiger partial charge in [0.05, 0.1) is 6.61 Å². The Morgan fingerprint density at radius 3 is 3.13 bits per heavy atom. The number of aldehydes is 1. The van der Waals surface area contributed by atoms with Gasteiger partial charge in [-0.15, -0.1) is 0 Å². The van der Waals surface area contributed by atoms with Crippen molar-refractivity contribution in [3.05, 3.63) is 29.3 Å². The third-order valence-electron chi connectivity index (χ3n) is 2.18. The molecular formula is C12H12O3. The molecule has 3 heteroatoms. The minimum absolute atomic E-state index is 0.352. The largest absolute Gasteiger partial charge is 0.494 e. The number of hydrogen-bond acceptors (Lipinski definition) is 3. The summed E-state index contributed by atoms with van der Waals surface area (Å²) in [4.78, 5) is 10.6. The number of carbonyl (C=O) groups excluding carboxylic acids is 1. The van der Waals surface area contributed by atoms with Gasteiger partial charge in [-0.2, -0.15) is 0 Å². The maximum atomic E-state index is 10.6. The zero-order valence-electron chi connectivity index (χ0n) is 8.53. The monoisotopic (exact) mass is 204 g/mol. The Kier molecular flexibility index (Phi) is 2.72. The molecule has 1 aromatic rings. The van der Waals surface area contributed by atoms with Crippen LogP contribution in [0.1, 0.15) is 12.5 Å². The molecule has 15 heavy (non-hydrogen) atoms. The Hall–Kier alpha value is -1.77. The van der Waals surface area contributed by atoms with Gasteiger partial charge in [-0.3, -0.25) is 4.79 Å². The maximum Gasteiger partial charge on any atom is 0.149 e. The normalized spacial score (nSPS) is 13.5. The van der Waals surface area contributed by atoms with Crippen molar-refractivity contribution >= 4 is 12.4 Å². The first-order chi connectivity index (χ1) is 7.33. The summed E-state index contributed by atoms with van der Waals surface area (Å²) in [6.07, 6.45) is 2.64. The standard InChI is InChI=1S/C12H12O3/c1-2-14-11-3-4-12-10(6-11)5-9(7-13)8-15-12/h3-7H,2,8H2,1H3. The van der Waals surface area contributed by atoms with Crippen molar-refractivity contribution < 1.29 is 14.3 Å². The minimum Gasteiger partial charge on any atom is -0.494 e. The van der Waals surface area contributed by atoms with Gasteiger partial charge in [0.15, 0.2) is 0 Å². The molecule has 0 bridgehead atoms. The molecule has 1 aromatic carbocycles. The van der Waals surface area contributed by atoms with Gasteiger partial charge in [0.25, 0.3) is 0 Å². The zero-order valence-corrected chi connectivity index (χ0v) is 8.53. The Morgan fingerprint density at radius 2 is 2.40 bits per heavy atom. The Morgan fingerprint density at radius 1 is 1.53 bits per heavy atom. The van der Waals surface area contributed by atoms with Crippen LogP contribution in [0, 0.1) is 0 Å². The Bertz CT molecular complexity index is 407. The molecule has 0 atom stereocenters. The topological polar surface area (TPSA) is 35.5 Å². The van der Waals surface area contributed by atoms with E-state index in [1.807, 2.05) is 31.2 Å². The molecular weight excluding hydrogens is 192 g/mol. The number of rotatable bonds is 3. The summed E-state index contributed by atoms with van der Waals surface area (Å²) in [5.74, 6) is 1.59. The van der Waals surface area contributed by atoms with Crippen LogP contribution in [-0.2, 0) is 4.79 Å². The molecule has 0 spiro atoms. The summed E-state index contributed by atoms with van der Waals surface area (Å²) in [7, 11) is 0. The van der Waals surface area contributed by atoms with Gasteiger partial charge in [-0.25, -0.2) is 0 Å². The Labute approximate surface area is 88.3 Å². The molecule has 0 saturated carbocycles. The molecule has 3 nitrogen and oxygen atoms in total. The van der Waals surface area contributed by atoms with Gasteiger partial charge in [0, 0.05) is 11.1 Å². The van der Waals surface area contributed by atoms with Crippen LogP contribution in [0.5, 0.6) is 11.5 Å². The van der Waals surface area contributed by atoms with Gasteiger partial charge in [-0.05, 0) is 31.2 Å². The minimum atomic E-state index is 0.352. The van der Waals surface area contributed by atoms with Crippen LogP contribution in [0.15, 0.2) is 23.8 Å². The van der Waals surface area contributed by atoms with Crippen molar-refractivity contribution in [2.75, 3.05) is 13.2 Å². The molecule has 0 N–H and O–H groups in total. The van der Waals surface area contributed by atoms with Crippen LogP contribution >= 0.6 is 0 Å². The van der Waals surface area contributed by atoms with E-state index in [4.69, 9.17) is 9.47 Å². The highest BCUT2D eigenvalue weighted by molar-refractivity contribution is 5.84. The summed E-state index contributed by atoms with van der Waals surface area (Å²) in [6.45, 7) is 2.91. The lowest BCUT2D eigenvalue weighted by Crippen LogP contribution is -2.08. The van der Waals surface area contributed by atoms with Crippen molar-refractivity contribution in [3.8, 4) is 11.5 Å². The van der Waals surface area contributed by atoms with E-state index < -0.39 is 0 Å². The third-order valence-corrected chi connectivity index (χ3v) is 2.18. The molecule has 0 saturated heterocycles. The van der Waals surface area contributed by atoms with Gasteiger partial charge in [0.2, 0.25) is 0 Å². The first-order valence-electron chi connectivity index (χ1n) is 4.89. The second-order valence-corrected chi connectivity index (χ2v) is 3.26. The summed E-state index contributed by atoms with van der Waals surface area (Å²) in [5.41, 5.74) is 1.55.